The fourth-order valence-corrected chi connectivity index (χ4v) is 5.13. The Bertz CT molecular complexity index is 1670. The largest absolute Gasteiger partial charge is 0.457 e. The van der Waals surface area contributed by atoms with Gasteiger partial charge in [-0.1, -0.05) is 24.3 Å². The summed E-state index contributed by atoms with van der Waals surface area (Å²) in [6.07, 6.45) is 5.70. The first-order valence-corrected chi connectivity index (χ1v) is 14.5. The van der Waals surface area contributed by atoms with Gasteiger partial charge >= 0.3 is 0 Å². The van der Waals surface area contributed by atoms with Gasteiger partial charge < -0.3 is 24.6 Å². The number of rotatable bonds is 10. The Labute approximate surface area is 237 Å². The molecular formula is C28H31N7O5S. The number of hydrogen-bond acceptors (Lipinski definition) is 9. The number of nitrogens with one attached hydrogen (secondary N) is 2. The second kappa shape index (κ2) is 12.0. The monoisotopic (exact) mass is 577 g/mol. The number of hydrogen-bond donors (Lipinski definition) is 3. The van der Waals surface area contributed by atoms with E-state index in [1.165, 1.54) is 18.3 Å². The van der Waals surface area contributed by atoms with Crippen molar-refractivity contribution in [2.75, 3.05) is 39.0 Å². The number of likely N-dealkylation sites (N-methyl/N-ethyl adjacent to an activating group) is 1. The normalized spacial score (nSPS) is 15.6. The van der Waals surface area contributed by atoms with Crippen molar-refractivity contribution in [3.8, 4) is 23.0 Å². The second-order valence-electron chi connectivity index (χ2n) is 9.85. The average molecular weight is 578 g/mol. The lowest BCUT2D eigenvalue weighted by atomic mass is 10.2. The predicted octanol–water partition coefficient (Wildman–Crippen LogP) is 3.32. The molecule has 13 heteroatoms. The maximum atomic E-state index is 12.6. The third-order valence-electron chi connectivity index (χ3n) is 6.42. The molecular weight excluding hydrogens is 546 g/mol. The van der Waals surface area contributed by atoms with Gasteiger partial charge in [-0.25, -0.2) is 18.5 Å². The van der Waals surface area contributed by atoms with Crippen molar-refractivity contribution < 1.29 is 22.7 Å². The molecule has 0 saturated carbocycles. The van der Waals surface area contributed by atoms with Crippen LogP contribution in [0.15, 0.2) is 77.8 Å². The summed E-state index contributed by atoms with van der Waals surface area (Å²) in [5, 5.41) is 16.7. The number of sulfonamides is 1. The molecule has 0 unspecified atom stereocenters. The molecule has 2 aromatic carbocycles. The molecule has 4 N–H and O–H groups in total. The number of benzene rings is 2. The van der Waals surface area contributed by atoms with Gasteiger partial charge in [-0.05, 0) is 44.8 Å². The maximum Gasteiger partial charge on any atom is 0.246 e. The minimum absolute atomic E-state index is 0.0229. The van der Waals surface area contributed by atoms with E-state index >= 15 is 0 Å². The van der Waals surface area contributed by atoms with Crippen molar-refractivity contribution in [2.24, 2.45) is 5.14 Å². The molecule has 4 aromatic rings. The summed E-state index contributed by atoms with van der Waals surface area (Å²) in [6, 6.07) is 14.9. The fraction of sp³-hybridized carbons (Fsp3) is 0.250. The lowest BCUT2D eigenvalue weighted by Crippen LogP contribution is -2.30. The predicted molar refractivity (Wildman–Crippen MR) is 155 cm³/mol. The zero-order valence-electron chi connectivity index (χ0n) is 22.6. The van der Waals surface area contributed by atoms with Crippen LogP contribution < -0.4 is 19.9 Å². The van der Waals surface area contributed by atoms with Crippen LogP contribution in [-0.4, -0.2) is 79.1 Å². The smallest absolute Gasteiger partial charge is 0.246 e. The lowest BCUT2D eigenvalue weighted by Gasteiger charge is -2.16. The molecule has 41 heavy (non-hydrogen) atoms. The summed E-state index contributed by atoms with van der Waals surface area (Å²) >= 11 is 0. The van der Waals surface area contributed by atoms with Crippen LogP contribution in [0.25, 0.3) is 11.0 Å². The number of carbonyl (C=O) groups excluding carboxylic acids is 1. The highest BCUT2D eigenvalue weighted by molar-refractivity contribution is 7.89. The van der Waals surface area contributed by atoms with E-state index in [9.17, 15) is 13.2 Å². The highest BCUT2D eigenvalue weighted by Gasteiger charge is 2.27. The van der Waals surface area contributed by atoms with E-state index in [1.54, 1.807) is 35.2 Å². The highest BCUT2D eigenvalue weighted by Crippen LogP contribution is 2.37. The fourth-order valence-electron chi connectivity index (χ4n) is 4.45. The van der Waals surface area contributed by atoms with E-state index in [2.05, 4.69) is 20.5 Å². The van der Waals surface area contributed by atoms with Crippen LogP contribution in [0.2, 0.25) is 0 Å². The van der Waals surface area contributed by atoms with Crippen molar-refractivity contribution in [3.05, 3.63) is 72.9 Å². The van der Waals surface area contributed by atoms with E-state index in [-0.39, 0.29) is 28.3 Å². The van der Waals surface area contributed by atoms with Crippen molar-refractivity contribution in [2.45, 2.75) is 17.4 Å². The van der Waals surface area contributed by atoms with Gasteiger partial charge in [0.15, 0.2) is 11.5 Å². The van der Waals surface area contributed by atoms with Gasteiger partial charge in [-0.3, -0.25) is 9.89 Å². The van der Waals surface area contributed by atoms with Gasteiger partial charge in [0.1, 0.15) is 33.3 Å². The number of para-hydroxylation sites is 1. The number of anilines is 1. The number of nitrogens with zero attached hydrogens (tertiary/aromatic N) is 4. The molecule has 1 fully saturated rings. The molecule has 0 aliphatic carbocycles. The first kappa shape index (κ1) is 28.1. The summed E-state index contributed by atoms with van der Waals surface area (Å²) in [7, 11) is -0.286. The van der Waals surface area contributed by atoms with Crippen LogP contribution in [0.3, 0.4) is 0 Å². The number of carbonyl (C=O) groups is 1. The molecule has 1 aliphatic heterocycles. The number of amides is 1. The third kappa shape index (κ3) is 6.82. The van der Waals surface area contributed by atoms with E-state index in [0.29, 0.717) is 48.0 Å². The topological polar surface area (TPSA) is 156 Å². The van der Waals surface area contributed by atoms with Crippen molar-refractivity contribution >= 4 is 32.8 Å². The van der Waals surface area contributed by atoms with E-state index in [1.807, 2.05) is 43.3 Å². The summed E-state index contributed by atoms with van der Waals surface area (Å²) < 4.78 is 36.9. The molecule has 5 rings (SSSR count). The summed E-state index contributed by atoms with van der Waals surface area (Å²) in [6.45, 7) is 1.81. The van der Waals surface area contributed by atoms with Gasteiger partial charge in [0.2, 0.25) is 15.9 Å². The number of pyridine rings is 1. The number of fused-ring (bicyclic) bond motifs is 1. The Balaban J connectivity index is 1.36. The van der Waals surface area contributed by atoms with Crippen LogP contribution >= 0.6 is 0 Å². The van der Waals surface area contributed by atoms with E-state index < -0.39 is 10.0 Å². The van der Waals surface area contributed by atoms with Gasteiger partial charge in [0.05, 0.1) is 0 Å². The molecule has 1 aliphatic rings. The van der Waals surface area contributed by atoms with Crippen LogP contribution in [0.1, 0.15) is 6.42 Å². The summed E-state index contributed by atoms with van der Waals surface area (Å²) in [5.41, 5.74) is 0.448. The number of ether oxygens (including phenoxy) is 2. The minimum atomic E-state index is -4.17. The van der Waals surface area contributed by atoms with Crippen molar-refractivity contribution in [3.63, 3.8) is 0 Å². The van der Waals surface area contributed by atoms with Gasteiger partial charge in [-0.15, -0.1) is 0 Å². The quantitative estimate of drug-likeness (QED) is 0.241. The van der Waals surface area contributed by atoms with Gasteiger partial charge in [0, 0.05) is 50.1 Å². The van der Waals surface area contributed by atoms with Crippen LogP contribution in [0.4, 0.5) is 5.82 Å². The first-order chi connectivity index (χ1) is 19.7. The maximum absolute atomic E-state index is 12.6. The molecule has 2 aromatic heterocycles. The zero-order chi connectivity index (χ0) is 29.0. The molecule has 1 amide bonds. The first-order valence-electron chi connectivity index (χ1n) is 12.9. The van der Waals surface area contributed by atoms with Crippen molar-refractivity contribution in [1.29, 1.82) is 0 Å². The Kier molecular flexibility index (Phi) is 8.19. The van der Waals surface area contributed by atoms with Crippen LogP contribution in [0, 0.1) is 0 Å². The lowest BCUT2D eigenvalue weighted by molar-refractivity contribution is -0.125. The SMILES string of the molecule is CN(C)C/C=C/C(=O)N1CC[C@@H](Nc2n[nH]c3nccc(Oc4ccc(Oc5ccccc5)cc4S(N)(=O)=O)c23)C1. The summed E-state index contributed by atoms with van der Waals surface area (Å²) in [5.74, 6) is 1.62. The Morgan fingerprint density at radius 1 is 1.15 bits per heavy atom. The standard InChI is InChI=1S/C28H31N7O5S/c1-34(2)15-6-9-25(36)35-16-13-19(18-35)31-28-26-23(12-14-30-27(26)32-33-28)40-22-11-10-21(17-24(22)41(29,37)38)39-20-7-4-3-5-8-20/h3-12,14,17,19H,13,15-16,18H2,1-2H3,(H2,29,37,38)(H2,30,31,32,33)/b9-6+/t19-/m1/s1. The average Bonchev–Trinajstić information content (AvgIpc) is 3.57. The molecule has 0 radical (unpaired) electrons. The Morgan fingerprint density at radius 2 is 1.95 bits per heavy atom. The minimum Gasteiger partial charge on any atom is -0.457 e. The van der Waals surface area contributed by atoms with Crippen molar-refractivity contribution in [1.82, 2.24) is 25.0 Å². The van der Waals surface area contributed by atoms with Gasteiger partial charge in [0.25, 0.3) is 0 Å². The Hall–Kier alpha value is -4.46. The van der Waals surface area contributed by atoms with E-state index in [4.69, 9.17) is 14.6 Å². The van der Waals surface area contributed by atoms with Crippen LogP contribution in [-0.2, 0) is 14.8 Å². The molecule has 12 nitrogen and oxygen atoms in total. The number of aromatic amines is 1. The van der Waals surface area contributed by atoms with E-state index in [0.717, 1.165) is 6.42 Å². The number of H-pyrrole nitrogens is 1. The Morgan fingerprint density at radius 3 is 2.71 bits per heavy atom. The number of aromatic nitrogens is 3. The summed E-state index contributed by atoms with van der Waals surface area (Å²) in [4.78, 5) is 20.4. The number of likely N-dealkylation sites (tertiary alicyclic amines) is 1. The highest BCUT2D eigenvalue weighted by atomic mass is 32.2. The number of nitrogens with two attached hydrogens (primary N) is 1. The molecule has 214 valence electrons. The molecule has 1 atom stereocenters. The number of primary sulfonamides is 1. The molecule has 0 spiro atoms. The molecule has 0 bridgehead atoms. The van der Waals surface area contributed by atoms with Gasteiger partial charge in [-0.2, -0.15) is 5.10 Å². The molecule has 1 saturated heterocycles. The third-order valence-corrected chi connectivity index (χ3v) is 7.35. The van der Waals surface area contributed by atoms with Crippen LogP contribution in [0.5, 0.6) is 23.0 Å². The second-order valence-corrected chi connectivity index (χ2v) is 11.4. The zero-order valence-corrected chi connectivity index (χ0v) is 23.5. The molecule has 3 heterocycles.